The average molecular weight is 315 g/mol. The van der Waals surface area contributed by atoms with E-state index >= 15 is 0 Å². The summed E-state index contributed by atoms with van der Waals surface area (Å²) in [5, 5.41) is -0.325. The minimum absolute atomic E-state index is 0.193. The van der Waals surface area contributed by atoms with Gasteiger partial charge in [-0.15, -0.1) is 11.6 Å². The molecule has 1 aromatic carbocycles. The molecule has 0 aliphatic rings. The van der Waals surface area contributed by atoms with Gasteiger partial charge in [0.05, 0.1) is 27.9 Å². The van der Waals surface area contributed by atoms with E-state index in [0.29, 0.717) is 18.8 Å². The maximum atomic E-state index is 11.8. The van der Waals surface area contributed by atoms with Crippen molar-refractivity contribution in [3.8, 4) is 0 Å². The van der Waals surface area contributed by atoms with Crippen molar-refractivity contribution in [3.63, 3.8) is 0 Å². The Morgan fingerprint density at radius 2 is 2.00 bits per heavy atom. The zero-order valence-electron chi connectivity index (χ0n) is 11.7. The topological polar surface area (TPSA) is 52.0 Å². The second-order valence-electron chi connectivity index (χ2n) is 5.07. The van der Waals surface area contributed by atoms with Gasteiger partial charge in [0.1, 0.15) is 5.82 Å². The highest BCUT2D eigenvalue weighted by Gasteiger charge is 2.16. The summed E-state index contributed by atoms with van der Waals surface area (Å²) < 4.78 is 25.7. The Morgan fingerprint density at radius 1 is 1.30 bits per heavy atom. The molecule has 0 saturated carbocycles. The smallest absolute Gasteiger partial charge is 0.152 e. The summed E-state index contributed by atoms with van der Waals surface area (Å²) in [5.41, 5.74) is 1.90. The van der Waals surface area contributed by atoms with E-state index in [1.54, 1.807) is 13.8 Å². The minimum atomic E-state index is -2.99. The standard InChI is InChI=1S/C14H19ClN2O2S/c1-11(2)20(18,19)9-5-8-17-13-7-4-3-6-12(13)16-14(17)10-15/h3-4,6-7,11H,5,8-10H2,1-2H3. The van der Waals surface area contributed by atoms with Crippen LogP contribution in [0.4, 0.5) is 0 Å². The van der Waals surface area contributed by atoms with Crippen molar-refractivity contribution >= 4 is 32.5 Å². The summed E-state index contributed by atoms with van der Waals surface area (Å²) in [4.78, 5) is 4.46. The van der Waals surface area contributed by atoms with E-state index in [1.807, 2.05) is 28.8 Å². The van der Waals surface area contributed by atoms with Crippen molar-refractivity contribution in [2.45, 2.75) is 37.9 Å². The normalized spacial score (nSPS) is 12.4. The number of aryl methyl sites for hydroxylation is 1. The van der Waals surface area contributed by atoms with E-state index < -0.39 is 9.84 Å². The largest absolute Gasteiger partial charge is 0.327 e. The molecule has 0 saturated heterocycles. The molecule has 20 heavy (non-hydrogen) atoms. The van der Waals surface area contributed by atoms with Crippen molar-refractivity contribution in [1.82, 2.24) is 9.55 Å². The molecule has 110 valence electrons. The van der Waals surface area contributed by atoms with E-state index in [4.69, 9.17) is 11.6 Å². The number of alkyl halides is 1. The number of benzene rings is 1. The summed E-state index contributed by atoms with van der Waals surface area (Å²) in [5.74, 6) is 1.31. The van der Waals surface area contributed by atoms with E-state index in [9.17, 15) is 8.42 Å². The van der Waals surface area contributed by atoms with Gasteiger partial charge in [0.25, 0.3) is 0 Å². The molecule has 0 atom stereocenters. The highest BCUT2D eigenvalue weighted by molar-refractivity contribution is 7.91. The van der Waals surface area contributed by atoms with Gasteiger partial charge >= 0.3 is 0 Å². The molecule has 0 bridgehead atoms. The number of fused-ring (bicyclic) bond motifs is 1. The van der Waals surface area contributed by atoms with Crippen LogP contribution in [0.5, 0.6) is 0 Å². The highest BCUT2D eigenvalue weighted by Crippen LogP contribution is 2.18. The third kappa shape index (κ3) is 3.15. The Morgan fingerprint density at radius 3 is 2.65 bits per heavy atom. The maximum absolute atomic E-state index is 11.8. The molecule has 1 aromatic heterocycles. The highest BCUT2D eigenvalue weighted by atomic mass is 35.5. The van der Waals surface area contributed by atoms with Gasteiger partial charge in [-0.25, -0.2) is 13.4 Å². The minimum Gasteiger partial charge on any atom is -0.327 e. The molecule has 0 amide bonds. The molecule has 0 spiro atoms. The van der Waals surface area contributed by atoms with Crippen LogP contribution in [-0.4, -0.2) is 29.0 Å². The number of nitrogens with zero attached hydrogens (tertiary/aromatic N) is 2. The number of hydrogen-bond donors (Lipinski definition) is 0. The lowest BCUT2D eigenvalue weighted by Gasteiger charge is -2.10. The Kier molecular flexibility index (Phi) is 4.70. The second kappa shape index (κ2) is 6.14. The predicted octanol–water partition coefficient (Wildman–Crippen LogP) is 2.99. The third-order valence-corrected chi connectivity index (χ3v) is 5.92. The number of imidazole rings is 1. The molecule has 2 rings (SSSR count). The van der Waals surface area contributed by atoms with Gasteiger partial charge in [-0.1, -0.05) is 12.1 Å². The summed E-state index contributed by atoms with van der Waals surface area (Å²) >= 11 is 5.92. The Bertz CT molecular complexity index is 692. The molecule has 0 aliphatic heterocycles. The van der Waals surface area contributed by atoms with Crippen LogP contribution in [0.1, 0.15) is 26.1 Å². The fourth-order valence-electron chi connectivity index (χ4n) is 2.14. The fourth-order valence-corrected chi connectivity index (χ4v) is 3.34. The van der Waals surface area contributed by atoms with Gasteiger partial charge in [-0.05, 0) is 32.4 Å². The van der Waals surface area contributed by atoms with Gasteiger partial charge in [-0.2, -0.15) is 0 Å². The number of para-hydroxylation sites is 2. The molecule has 4 nitrogen and oxygen atoms in total. The van der Waals surface area contributed by atoms with Crippen LogP contribution in [-0.2, 0) is 22.3 Å². The number of aromatic nitrogens is 2. The molecule has 0 aliphatic carbocycles. The van der Waals surface area contributed by atoms with Crippen LogP contribution in [0.15, 0.2) is 24.3 Å². The molecule has 0 fully saturated rings. The summed E-state index contributed by atoms with van der Waals surface area (Å²) in [6.45, 7) is 4.05. The first-order chi connectivity index (χ1) is 9.45. The van der Waals surface area contributed by atoms with Crippen molar-refractivity contribution in [1.29, 1.82) is 0 Å². The number of hydrogen-bond acceptors (Lipinski definition) is 3. The van der Waals surface area contributed by atoms with Crippen molar-refractivity contribution in [3.05, 3.63) is 30.1 Å². The number of rotatable bonds is 6. The first kappa shape index (κ1) is 15.3. The van der Waals surface area contributed by atoms with Gasteiger partial charge < -0.3 is 4.57 Å². The SMILES string of the molecule is CC(C)S(=O)(=O)CCCn1c(CCl)nc2ccccc21. The lowest BCUT2D eigenvalue weighted by atomic mass is 10.3. The van der Waals surface area contributed by atoms with E-state index in [1.165, 1.54) is 0 Å². The number of halogens is 1. The van der Waals surface area contributed by atoms with Gasteiger partial charge in [0.15, 0.2) is 9.84 Å². The monoisotopic (exact) mass is 314 g/mol. The predicted molar refractivity (Wildman–Crippen MR) is 82.8 cm³/mol. The van der Waals surface area contributed by atoms with Gasteiger partial charge in [0.2, 0.25) is 0 Å². The van der Waals surface area contributed by atoms with E-state index in [0.717, 1.165) is 16.9 Å². The molecule has 0 unspecified atom stereocenters. The Hall–Kier alpha value is -1.07. The Labute approximate surface area is 124 Å². The summed E-state index contributed by atoms with van der Waals surface area (Å²) in [6.07, 6.45) is 0.574. The first-order valence-electron chi connectivity index (χ1n) is 6.67. The van der Waals surface area contributed by atoms with Gasteiger partial charge in [0, 0.05) is 6.54 Å². The van der Waals surface area contributed by atoms with Crippen molar-refractivity contribution in [2.75, 3.05) is 5.75 Å². The van der Waals surface area contributed by atoms with Crippen molar-refractivity contribution < 1.29 is 8.42 Å². The van der Waals surface area contributed by atoms with Crippen LogP contribution in [0.3, 0.4) is 0 Å². The van der Waals surface area contributed by atoms with Crippen LogP contribution >= 0.6 is 11.6 Å². The molecule has 2 aromatic rings. The molecule has 0 N–H and O–H groups in total. The van der Waals surface area contributed by atoms with E-state index in [2.05, 4.69) is 4.98 Å². The first-order valence-corrected chi connectivity index (χ1v) is 8.92. The zero-order valence-corrected chi connectivity index (χ0v) is 13.3. The lowest BCUT2D eigenvalue weighted by Crippen LogP contribution is -2.19. The molecule has 6 heteroatoms. The molecule has 0 radical (unpaired) electrons. The summed E-state index contributed by atoms with van der Waals surface area (Å²) in [7, 11) is -2.99. The summed E-state index contributed by atoms with van der Waals surface area (Å²) in [6, 6.07) is 7.80. The second-order valence-corrected chi connectivity index (χ2v) is 8.02. The Balaban J connectivity index is 2.17. The van der Waals surface area contributed by atoms with Crippen molar-refractivity contribution in [2.24, 2.45) is 0 Å². The number of sulfone groups is 1. The zero-order chi connectivity index (χ0) is 14.8. The van der Waals surface area contributed by atoms with Crippen LogP contribution in [0.2, 0.25) is 0 Å². The van der Waals surface area contributed by atoms with E-state index in [-0.39, 0.29) is 11.0 Å². The average Bonchev–Trinajstić information content (AvgIpc) is 2.77. The molecule has 1 heterocycles. The van der Waals surface area contributed by atoms with Gasteiger partial charge in [-0.3, -0.25) is 0 Å². The lowest BCUT2D eigenvalue weighted by molar-refractivity contribution is 0.578. The third-order valence-electron chi connectivity index (χ3n) is 3.38. The maximum Gasteiger partial charge on any atom is 0.152 e. The molecular weight excluding hydrogens is 296 g/mol. The quantitative estimate of drug-likeness (QED) is 0.770. The van der Waals surface area contributed by atoms with Crippen LogP contribution in [0, 0.1) is 0 Å². The fraction of sp³-hybridized carbons (Fsp3) is 0.500. The van der Waals surface area contributed by atoms with Crippen LogP contribution in [0.25, 0.3) is 11.0 Å². The van der Waals surface area contributed by atoms with Crippen LogP contribution < -0.4 is 0 Å². The molecular formula is C14H19ClN2O2S.